The molecule has 0 rings (SSSR count). The molecule has 10 heavy (non-hydrogen) atoms. The van der Waals surface area contributed by atoms with Crippen molar-refractivity contribution in [3.8, 4) is 0 Å². The zero-order valence-corrected chi connectivity index (χ0v) is 9.79. The van der Waals surface area contributed by atoms with Gasteiger partial charge < -0.3 is 5.21 Å². The summed E-state index contributed by atoms with van der Waals surface area (Å²) in [6.45, 7) is 7.72. The Bertz CT molecular complexity index is 152. The second-order valence-corrected chi connectivity index (χ2v) is 7.87. The largest absolute Gasteiger partial charge is 0.622 e. The van der Waals surface area contributed by atoms with Gasteiger partial charge in [-0.2, -0.15) is 4.53 Å². The van der Waals surface area contributed by atoms with E-state index >= 15 is 0 Å². The van der Waals surface area contributed by atoms with Crippen molar-refractivity contribution in [3.63, 3.8) is 0 Å². The molecule has 0 radical (unpaired) electrons. The van der Waals surface area contributed by atoms with E-state index in [1.165, 1.54) is 0 Å². The van der Waals surface area contributed by atoms with Crippen molar-refractivity contribution in [2.75, 3.05) is 0 Å². The van der Waals surface area contributed by atoms with Gasteiger partial charge in [-0.25, -0.2) is 0 Å². The van der Waals surface area contributed by atoms with Gasteiger partial charge in [-0.15, -0.1) is 11.4 Å². The van der Waals surface area contributed by atoms with E-state index in [1.54, 1.807) is 0 Å². The van der Waals surface area contributed by atoms with E-state index < -0.39 is 8.24 Å². The van der Waals surface area contributed by atoms with E-state index in [9.17, 15) is 5.21 Å². The topological polar surface area (TPSA) is 38.4 Å². The van der Waals surface area contributed by atoms with E-state index in [0.29, 0.717) is 10.4 Å². The smallest absolute Gasteiger partial charge is 0.352 e. The minimum absolute atomic E-state index is 0.468. The number of hydrogen-bond donors (Lipinski definition) is 0. The summed E-state index contributed by atoms with van der Waals surface area (Å²) in [5.74, 6) is 0. The van der Waals surface area contributed by atoms with E-state index in [0.717, 1.165) is 10.6 Å². The van der Waals surface area contributed by atoms with Crippen LogP contribution in [0.15, 0.2) is 17.4 Å². The molecule has 5 heteroatoms. The highest BCUT2D eigenvalue weighted by Crippen LogP contribution is 2.10. The zero-order chi connectivity index (χ0) is 8.20. The molecule has 0 aromatic carbocycles. The maximum absolute atomic E-state index is 10.5. The molecule has 0 unspecified atom stereocenters. The molecule has 0 aromatic rings. The van der Waals surface area contributed by atoms with Gasteiger partial charge in [-0.1, -0.05) is 6.08 Å². The summed E-state index contributed by atoms with van der Waals surface area (Å²) in [7, 11) is -1.14. The SMILES string of the molecule is C=CC[Si](C)(C)N=[N+]([O-])[SiH3]. The van der Waals surface area contributed by atoms with Crippen LogP contribution < -0.4 is 0 Å². The highest BCUT2D eigenvalue weighted by atomic mass is 28.3. The number of nitrogens with zero attached hydrogens (tertiary/aromatic N) is 2. The molecular formula is C5H14N2OSi2. The van der Waals surface area contributed by atoms with Gasteiger partial charge in [0.1, 0.15) is 0 Å². The molecule has 0 aromatic heterocycles. The minimum Gasteiger partial charge on any atom is -0.622 e. The van der Waals surface area contributed by atoms with Crippen LogP contribution in [0.2, 0.25) is 19.1 Å². The minimum atomic E-state index is -1.61. The van der Waals surface area contributed by atoms with Crippen LogP contribution in [0.25, 0.3) is 0 Å². The molecular weight excluding hydrogens is 160 g/mol. The quantitative estimate of drug-likeness (QED) is 0.267. The van der Waals surface area contributed by atoms with Crippen LogP contribution in [0, 0.1) is 5.21 Å². The summed E-state index contributed by atoms with van der Waals surface area (Å²) < 4.78 is 4.79. The fraction of sp³-hybridized carbons (Fsp3) is 0.600. The monoisotopic (exact) mass is 174 g/mol. The number of hydrogen-bond acceptors (Lipinski definition) is 2. The van der Waals surface area contributed by atoms with Crippen molar-refractivity contribution in [2.24, 2.45) is 4.78 Å². The van der Waals surface area contributed by atoms with E-state index in [2.05, 4.69) is 24.5 Å². The molecule has 0 aliphatic heterocycles. The molecule has 0 bridgehead atoms. The summed E-state index contributed by atoms with van der Waals surface area (Å²) in [4.78, 5) is 0. The van der Waals surface area contributed by atoms with Crippen LogP contribution in [0.3, 0.4) is 0 Å². The lowest BCUT2D eigenvalue weighted by Gasteiger charge is -2.10. The summed E-state index contributed by atoms with van der Waals surface area (Å²) in [5, 5.41) is 10.5. The summed E-state index contributed by atoms with van der Waals surface area (Å²) in [5.41, 5.74) is 0. The lowest BCUT2D eigenvalue weighted by Crippen LogP contribution is -2.23. The molecule has 58 valence electrons. The molecule has 0 saturated heterocycles. The Morgan fingerprint density at radius 1 is 1.80 bits per heavy atom. The Kier molecular flexibility index (Phi) is 3.52. The van der Waals surface area contributed by atoms with Crippen molar-refractivity contribution in [3.05, 3.63) is 17.9 Å². The Labute approximate surface area is 65.6 Å². The van der Waals surface area contributed by atoms with Gasteiger partial charge in [0.05, 0.1) is 0 Å². The fourth-order valence-corrected chi connectivity index (χ4v) is 3.95. The Hall–Kier alpha value is -0.426. The molecule has 0 atom stereocenters. The zero-order valence-electron chi connectivity index (χ0n) is 6.79. The Morgan fingerprint density at radius 3 is 2.60 bits per heavy atom. The van der Waals surface area contributed by atoms with Gasteiger partial charge in [0.25, 0.3) is 8.24 Å². The van der Waals surface area contributed by atoms with Gasteiger partial charge in [-0.05, 0) is 19.1 Å². The van der Waals surface area contributed by atoms with E-state index in [-0.39, 0.29) is 0 Å². The average molecular weight is 174 g/mol. The molecule has 0 aliphatic carbocycles. The normalized spacial score (nSPS) is 13.6. The molecule has 0 amide bonds. The van der Waals surface area contributed by atoms with Gasteiger partial charge >= 0.3 is 10.4 Å². The average Bonchev–Trinajstić information content (AvgIpc) is 1.59. The van der Waals surface area contributed by atoms with Crippen molar-refractivity contribution >= 4 is 18.6 Å². The Balaban J connectivity index is 4.11. The van der Waals surface area contributed by atoms with E-state index in [4.69, 9.17) is 0 Å². The first-order chi connectivity index (χ1) is 4.48. The van der Waals surface area contributed by atoms with Crippen molar-refractivity contribution < 1.29 is 4.53 Å². The fourth-order valence-electron chi connectivity index (χ4n) is 0.775. The lowest BCUT2D eigenvalue weighted by atomic mass is 10.8. The molecule has 0 N–H and O–H groups in total. The highest BCUT2D eigenvalue weighted by molar-refractivity contribution is 6.75. The standard InChI is InChI=1S/C5H14N2OSi2/c1-4-5-10(2,3)6-7(8)9/h4H,1,5H2,2-3,9H3. The second kappa shape index (κ2) is 3.67. The highest BCUT2D eigenvalue weighted by Gasteiger charge is 2.22. The third kappa shape index (κ3) is 4.45. The van der Waals surface area contributed by atoms with Gasteiger partial charge in [0.15, 0.2) is 0 Å². The summed E-state index contributed by atoms with van der Waals surface area (Å²) >= 11 is 0. The van der Waals surface area contributed by atoms with Gasteiger partial charge in [-0.3, -0.25) is 0 Å². The Morgan fingerprint density at radius 2 is 2.30 bits per heavy atom. The summed E-state index contributed by atoms with van der Waals surface area (Å²) in [6, 6.07) is 0.883. The summed E-state index contributed by atoms with van der Waals surface area (Å²) in [6.07, 6.45) is 1.83. The molecule has 0 saturated carbocycles. The lowest BCUT2D eigenvalue weighted by molar-refractivity contribution is -0.363. The maximum Gasteiger partial charge on any atom is 0.352 e. The van der Waals surface area contributed by atoms with Crippen LogP contribution in [-0.2, 0) is 0 Å². The van der Waals surface area contributed by atoms with Crippen molar-refractivity contribution in [1.82, 2.24) is 0 Å². The molecule has 0 heterocycles. The van der Waals surface area contributed by atoms with Gasteiger partial charge in [0, 0.05) is 0 Å². The molecule has 0 fully saturated rings. The first-order valence-electron chi connectivity index (χ1n) is 3.22. The number of allylic oxidation sites excluding steroid dienone is 1. The van der Waals surface area contributed by atoms with E-state index in [1.807, 2.05) is 6.08 Å². The third-order valence-corrected chi connectivity index (χ3v) is 3.77. The maximum atomic E-state index is 10.5. The first kappa shape index (κ1) is 9.57. The van der Waals surface area contributed by atoms with Crippen LogP contribution in [-0.4, -0.2) is 23.2 Å². The van der Waals surface area contributed by atoms with Crippen LogP contribution in [0.5, 0.6) is 0 Å². The van der Waals surface area contributed by atoms with Crippen LogP contribution >= 0.6 is 0 Å². The molecule has 0 spiro atoms. The van der Waals surface area contributed by atoms with Crippen molar-refractivity contribution in [2.45, 2.75) is 19.1 Å². The number of rotatable bonds is 3. The van der Waals surface area contributed by atoms with Crippen molar-refractivity contribution in [1.29, 1.82) is 0 Å². The van der Waals surface area contributed by atoms with Crippen LogP contribution in [0.4, 0.5) is 0 Å². The molecule has 0 aliphatic rings. The second-order valence-electron chi connectivity index (χ2n) is 2.87. The van der Waals surface area contributed by atoms with Gasteiger partial charge in [0.2, 0.25) is 0 Å². The van der Waals surface area contributed by atoms with Crippen LogP contribution in [0.1, 0.15) is 0 Å². The first-order valence-corrected chi connectivity index (χ1v) is 7.27. The predicted octanol–water partition coefficient (Wildman–Crippen LogP) is 0.620. The predicted molar refractivity (Wildman–Crippen MR) is 48.5 cm³/mol. The third-order valence-electron chi connectivity index (χ3n) is 1.06. The molecule has 3 nitrogen and oxygen atoms in total.